The number of nitrogens with zero attached hydrogens (tertiary/aromatic N) is 3. The van der Waals surface area contributed by atoms with Gasteiger partial charge in [-0.05, 0) is 24.3 Å². The van der Waals surface area contributed by atoms with Crippen LogP contribution in [-0.4, -0.2) is 39.5 Å². The molecule has 3 aromatic rings. The fraction of sp³-hybridized carbons (Fsp3) is 0.190. The van der Waals surface area contributed by atoms with Crippen LogP contribution in [0.4, 0.5) is 23.7 Å². The van der Waals surface area contributed by atoms with Gasteiger partial charge in [0.25, 0.3) is 5.91 Å². The molecule has 0 fully saturated rings. The van der Waals surface area contributed by atoms with Crippen LogP contribution in [0.2, 0.25) is 0 Å². The number of carbonyl (C=O) groups is 2. The van der Waals surface area contributed by atoms with Crippen molar-refractivity contribution in [1.29, 1.82) is 0 Å². The third-order valence-electron chi connectivity index (χ3n) is 5.28. The van der Waals surface area contributed by atoms with Gasteiger partial charge in [0, 0.05) is 23.9 Å². The van der Waals surface area contributed by atoms with Crippen molar-refractivity contribution in [1.82, 2.24) is 14.7 Å². The Morgan fingerprint density at radius 3 is 2.64 bits per heavy atom. The van der Waals surface area contributed by atoms with Gasteiger partial charge in [0.2, 0.25) is 0 Å². The highest BCUT2D eigenvalue weighted by Gasteiger charge is 2.43. The maximum absolute atomic E-state index is 13.9. The number of hydrogen-bond acceptors (Lipinski definition) is 5. The Hall–Kier alpha value is -4.22. The van der Waals surface area contributed by atoms with Gasteiger partial charge < -0.3 is 25.4 Å². The Balaban J connectivity index is 1.53. The summed E-state index contributed by atoms with van der Waals surface area (Å²) in [6.07, 6.45) is -3.79. The van der Waals surface area contributed by atoms with Gasteiger partial charge in [-0.15, -0.1) is 8.78 Å². The molecule has 9 nitrogen and oxygen atoms in total. The first-order valence-corrected chi connectivity index (χ1v) is 9.81. The van der Waals surface area contributed by atoms with E-state index in [0.717, 1.165) is 0 Å². The molecule has 0 aliphatic carbocycles. The molecule has 0 unspecified atom stereocenters. The van der Waals surface area contributed by atoms with Crippen LogP contribution >= 0.6 is 0 Å². The molecule has 2 aliphatic rings. The molecular weight excluding hydrogens is 443 g/mol. The second-order valence-corrected chi connectivity index (χ2v) is 7.45. The highest BCUT2D eigenvalue weighted by Crippen LogP contribution is 2.42. The smallest absolute Gasteiger partial charge is 0.395 e. The van der Waals surface area contributed by atoms with E-state index in [4.69, 9.17) is 5.73 Å². The van der Waals surface area contributed by atoms with Gasteiger partial charge in [0.1, 0.15) is 11.5 Å². The van der Waals surface area contributed by atoms with Gasteiger partial charge in [-0.2, -0.15) is 5.10 Å². The number of amides is 3. The van der Waals surface area contributed by atoms with Gasteiger partial charge in [-0.1, -0.05) is 12.1 Å². The summed E-state index contributed by atoms with van der Waals surface area (Å²) in [4.78, 5) is 26.4. The summed E-state index contributed by atoms with van der Waals surface area (Å²) in [7, 11) is 0. The molecule has 3 heterocycles. The normalized spacial score (nSPS) is 15.8. The van der Waals surface area contributed by atoms with E-state index in [-0.39, 0.29) is 41.5 Å². The van der Waals surface area contributed by atoms with E-state index in [1.165, 1.54) is 41.3 Å². The Kier molecular flexibility index (Phi) is 4.65. The van der Waals surface area contributed by atoms with Crippen LogP contribution in [0.1, 0.15) is 16.1 Å². The second-order valence-electron chi connectivity index (χ2n) is 7.45. The summed E-state index contributed by atoms with van der Waals surface area (Å²) in [5.41, 5.74) is 6.65. The van der Waals surface area contributed by atoms with Crippen molar-refractivity contribution in [2.75, 3.05) is 11.9 Å². The third-order valence-corrected chi connectivity index (χ3v) is 5.28. The molecule has 0 bridgehead atoms. The third kappa shape index (κ3) is 3.79. The maximum Gasteiger partial charge on any atom is 0.586 e. The van der Waals surface area contributed by atoms with E-state index >= 15 is 0 Å². The van der Waals surface area contributed by atoms with Crippen LogP contribution in [0.25, 0.3) is 11.3 Å². The van der Waals surface area contributed by atoms with Crippen molar-refractivity contribution in [3.63, 3.8) is 0 Å². The number of fused-ring (bicyclic) bond motifs is 2. The van der Waals surface area contributed by atoms with Crippen LogP contribution in [0.3, 0.4) is 0 Å². The van der Waals surface area contributed by atoms with E-state index in [1.807, 2.05) is 0 Å². The highest BCUT2D eigenvalue weighted by atomic mass is 19.3. The molecule has 3 N–H and O–H groups in total. The molecule has 3 amide bonds. The van der Waals surface area contributed by atoms with Crippen LogP contribution in [0.5, 0.6) is 11.5 Å². The number of rotatable bonds is 3. The zero-order valence-electron chi connectivity index (χ0n) is 16.8. The van der Waals surface area contributed by atoms with E-state index in [9.17, 15) is 22.8 Å². The molecular formula is C21H16F3N5O4. The number of halogens is 3. The fourth-order valence-corrected chi connectivity index (χ4v) is 3.80. The molecule has 0 spiro atoms. The van der Waals surface area contributed by atoms with E-state index < -0.39 is 24.1 Å². The summed E-state index contributed by atoms with van der Waals surface area (Å²) in [5, 5.41) is 7.08. The Bertz CT molecular complexity index is 1290. The first kappa shape index (κ1) is 20.7. The zero-order chi connectivity index (χ0) is 23.3. The summed E-state index contributed by atoms with van der Waals surface area (Å²) >= 11 is 0. The molecule has 5 rings (SSSR count). The van der Waals surface area contributed by atoms with Crippen molar-refractivity contribution in [3.8, 4) is 22.8 Å². The number of nitrogens with two attached hydrogens (primary N) is 1. The van der Waals surface area contributed by atoms with Crippen molar-refractivity contribution in [3.05, 3.63) is 59.5 Å². The quantitative estimate of drug-likeness (QED) is 0.625. The Morgan fingerprint density at radius 2 is 1.88 bits per heavy atom. The number of alkyl halides is 2. The van der Waals surface area contributed by atoms with Gasteiger partial charge in [-0.3, -0.25) is 9.48 Å². The molecule has 2 aliphatic heterocycles. The fourth-order valence-electron chi connectivity index (χ4n) is 3.80. The van der Waals surface area contributed by atoms with Crippen LogP contribution in [0.15, 0.2) is 42.5 Å². The molecule has 2 aromatic carbocycles. The average Bonchev–Trinajstić information content (AvgIpc) is 3.28. The average molecular weight is 459 g/mol. The standard InChI is InChI=1S/C21H16F3N5O4/c22-12-3-1-2-11(8-12)18-17(14-10-28(20(25)31)6-7-29(14)27-18)19(30)26-13-4-5-15-16(9-13)33-21(23,24)32-15/h1-5,8-9H,6-7,10H2,(H2,25,31)(H,26,30). The number of aromatic nitrogens is 2. The van der Waals surface area contributed by atoms with Crippen molar-refractivity contribution in [2.24, 2.45) is 5.73 Å². The van der Waals surface area contributed by atoms with E-state index in [0.29, 0.717) is 17.8 Å². The lowest BCUT2D eigenvalue weighted by molar-refractivity contribution is -0.286. The predicted molar refractivity (Wildman–Crippen MR) is 108 cm³/mol. The highest BCUT2D eigenvalue weighted by molar-refractivity contribution is 6.09. The van der Waals surface area contributed by atoms with Crippen molar-refractivity contribution in [2.45, 2.75) is 19.4 Å². The topological polar surface area (TPSA) is 112 Å². The molecule has 0 atom stereocenters. The molecule has 170 valence electrons. The van der Waals surface area contributed by atoms with E-state index in [2.05, 4.69) is 19.9 Å². The van der Waals surface area contributed by atoms with E-state index in [1.54, 1.807) is 10.7 Å². The number of ether oxygens (including phenoxy) is 2. The summed E-state index contributed by atoms with van der Waals surface area (Å²) in [6.45, 7) is 0.602. The van der Waals surface area contributed by atoms with Crippen molar-refractivity contribution >= 4 is 17.6 Å². The number of benzene rings is 2. The minimum atomic E-state index is -3.79. The minimum absolute atomic E-state index is 0.0216. The largest absolute Gasteiger partial charge is 0.586 e. The molecule has 12 heteroatoms. The zero-order valence-corrected chi connectivity index (χ0v) is 16.8. The molecule has 0 radical (unpaired) electrons. The molecule has 33 heavy (non-hydrogen) atoms. The van der Waals surface area contributed by atoms with Crippen LogP contribution in [0, 0.1) is 5.82 Å². The predicted octanol–water partition coefficient (Wildman–Crippen LogP) is 3.16. The molecule has 0 saturated heterocycles. The SMILES string of the molecule is NC(=O)N1CCn2nc(-c3cccc(F)c3)c(C(=O)Nc3ccc4c(c3)OC(F)(F)O4)c2C1. The second kappa shape index (κ2) is 7.43. The first-order valence-electron chi connectivity index (χ1n) is 9.81. The number of primary amides is 1. The number of urea groups is 1. The lowest BCUT2D eigenvalue weighted by Crippen LogP contribution is -2.42. The first-order chi connectivity index (χ1) is 15.7. The van der Waals surface area contributed by atoms with Crippen LogP contribution in [-0.2, 0) is 13.1 Å². The Labute approximate surface area is 184 Å². The lowest BCUT2D eigenvalue weighted by Gasteiger charge is -2.26. The van der Waals surface area contributed by atoms with Gasteiger partial charge in [0.15, 0.2) is 11.5 Å². The number of nitrogens with one attached hydrogen (secondary N) is 1. The van der Waals surface area contributed by atoms with Gasteiger partial charge in [-0.25, -0.2) is 9.18 Å². The maximum atomic E-state index is 13.9. The number of anilines is 1. The summed E-state index contributed by atoms with van der Waals surface area (Å²) in [6, 6.07) is 8.73. The van der Waals surface area contributed by atoms with Crippen LogP contribution < -0.4 is 20.5 Å². The monoisotopic (exact) mass is 459 g/mol. The molecule has 0 saturated carbocycles. The number of carbonyl (C=O) groups excluding carboxylic acids is 2. The summed E-state index contributed by atoms with van der Waals surface area (Å²) < 4.78 is 50.8. The minimum Gasteiger partial charge on any atom is -0.395 e. The number of hydrogen-bond donors (Lipinski definition) is 2. The molecule has 1 aromatic heterocycles. The summed E-state index contributed by atoms with van der Waals surface area (Å²) in [5.74, 6) is -1.55. The lowest BCUT2D eigenvalue weighted by atomic mass is 10.0. The van der Waals surface area contributed by atoms with Crippen molar-refractivity contribution < 1.29 is 32.2 Å². The Morgan fingerprint density at radius 1 is 1.09 bits per heavy atom. The van der Waals surface area contributed by atoms with Gasteiger partial charge in [0.05, 0.1) is 24.3 Å². The van der Waals surface area contributed by atoms with Gasteiger partial charge >= 0.3 is 12.3 Å².